The maximum Gasteiger partial charge on any atom is 0.305 e. The molecule has 4 aromatic carbocycles. The van der Waals surface area contributed by atoms with E-state index in [0.717, 1.165) is 16.7 Å². The fourth-order valence-corrected chi connectivity index (χ4v) is 4.35. The zero-order chi connectivity index (χ0) is 29.2. The third-order valence-corrected chi connectivity index (χ3v) is 6.54. The lowest BCUT2D eigenvalue weighted by Gasteiger charge is -2.21. The molecule has 0 saturated heterocycles. The van der Waals surface area contributed by atoms with Gasteiger partial charge in [0, 0.05) is 30.3 Å². The van der Waals surface area contributed by atoms with Crippen molar-refractivity contribution in [1.82, 2.24) is 0 Å². The predicted octanol–water partition coefficient (Wildman–Crippen LogP) is 6.91. The Morgan fingerprint density at radius 3 is 2.24 bits per heavy atom. The monoisotopic (exact) mass is 550 g/mol. The van der Waals surface area contributed by atoms with Gasteiger partial charge in [0.25, 0.3) is 11.8 Å². The number of hydrogen-bond acceptors (Lipinski definition) is 5. The molecule has 0 saturated carbocycles. The number of benzene rings is 4. The maximum atomic E-state index is 13.3. The Hall–Kier alpha value is -4.91. The van der Waals surface area contributed by atoms with Gasteiger partial charge in [0.2, 0.25) is 0 Å². The molecule has 0 bridgehead atoms. The van der Waals surface area contributed by atoms with E-state index in [1.54, 1.807) is 56.4 Å². The van der Waals surface area contributed by atoms with Gasteiger partial charge in [-0.2, -0.15) is 0 Å². The summed E-state index contributed by atoms with van der Waals surface area (Å²) in [5.74, 6) is -0.170. The summed E-state index contributed by atoms with van der Waals surface area (Å²) in [5.41, 5.74) is 5.18. The predicted molar refractivity (Wildman–Crippen MR) is 162 cm³/mol. The van der Waals surface area contributed by atoms with Crippen molar-refractivity contribution in [3.63, 3.8) is 0 Å². The van der Waals surface area contributed by atoms with Gasteiger partial charge in [-0.1, -0.05) is 60.2 Å². The van der Waals surface area contributed by atoms with Gasteiger partial charge in [-0.3, -0.25) is 14.4 Å². The number of para-hydroxylation sites is 2. The average molecular weight is 551 g/mol. The van der Waals surface area contributed by atoms with E-state index in [1.807, 2.05) is 61.5 Å². The third kappa shape index (κ3) is 7.60. The molecular weight excluding hydrogens is 516 g/mol. The smallest absolute Gasteiger partial charge is 0.305 e. The summed E-state index contributed by atoms with van der Waals surface area (Å²) in [6.45, 7) is 4.47. The van der Waals surface area contributed by atoms with E-state index < -0.39 is 0 Å². The zero-order valence-corrected chi connectivity index (χ0v) is 23.6. The zero-order valence-electron chi connectivity index (χ0n) is 23.6. The molecule has 210 valence electrons. The van der Waals surface area contributed by atoms with Crippen molar-refractivity contribution >= 4 is 29.2 Å². The third-order valence-electron chi connectivity index (χ3n) is 6.54. The van der Waals surface area contributed by atoms with Crippen LogP contribution in [0.2, 0.25) is 0 Å². The van der Waals surface area contributed by atoms with Crippen molar-refractivity contribution in [1.29, 1.82) is 0 Å². The second-order valence-electron chi connectivity index (χ2n) is 9.53. The number of rotatable bonds is 11. The van der Waals surface area contributed by atoms with Gasteiger partial charge < -0.3 is 19.7 Å². The topological polar surface area (TPSA) is 84.9 Å². The van der Waals surface area contributed by atoms with Crippen LogP contribution in [0.4, 0.5) is 11.4 Å². The second kappa shape index (κ2) is 13.9. The van der Waals surface area contributed by atoms with Gasteiger partial charge in [-0.15, -0.1) is 0 Å². The molecule has 0 aliphatic heterocycles. The fraction of sp³-hybridized carbons (Fsp3) is 0.206. The summed E-state index contributed by atoms with van der Waals surface area (Å²) in [6.07, 6.45) is 0.776. The summed E-state index contributed by atoms with van der Waals surface area (Å²) in [6, 6.07) is 29.6. The molecule has 0 aromatic heterocycles. The molecule has 1 N–H and O–H groups in total. The molecule has 0 atom stereocenters. The Kier molecular flexibility index (Phi) is 9.89. The molecular formula is C34H34N2O5. The highest BCUT2D eigenvalue weighted by molar-refractivity contribution is 6.09. The normalized spacial score (nSPS) is 10.5. The number of hydrogen-bond donors (Lipinski definition) is 1. The fourth-order valence-electron chi connectivity index (χ4n) is 4.35. The van der Waals surface area contributed by atoms with Crippen LogP contribution in [0.3, 0.4) is 0 Å². The van der Waals surface area contributed by atoms with Gasteiger partial charge in [0.1, 0.15) is 5.75 Å². The number of carbonyl (C=O) groups excluding carboxylic acids is 3. The van der Waals surface area contributed by atoms with Crippen molar-refractivity contribution in [2.24, 2.45) is 0 Å². The minimum Gasteiger partial charge on any atom is -0.491 e. The molecule has 2 amide bonds. The Morgan fingerprint density at radius 1 is 0.829 bits per heavy atom. The van der Waals surface area contributed by atoms with Crippen molar-refractivity contribution < 1.29 is 23.9 Å². The van der Waals surface area contributed by atoms with Crippen LogP contribution in [0.25, 0.3) is 11.1 Å². The standard InChI is InChI=1S/C34H34N2O5/c1-4-40-32(37)14-9-23-41-31-13-8-7-12-30(31)36(3)34(39)26-19-21-27(22-20-26)35-33(38)29-11-6-5-10-28(29)25-17-15-24(2)16-18-25/h5-8,10-13,15-22H,4,9,14,23H2,1-3H3,(H,35,38). The van der Waals surface area contributed by atoms with Crippen LogP contribution in [-0.4, -0.2) is 38.0 Å². The van der Waals surface area contributed by atoms with Crippen LogP contribution in [0.1, 0.15) is 46.0 Å². The molecule has 0 unspecified atom stereocenters. The van der Waals surface area contributed by atoms with Gasteiger partial charge >= 0.3 is 5.97 Å². The number of aryl methyl sites for hydroxylation is 1. The van der Waals surface area contributed by atoms with E-state index in [1.165, 1.54) is 4.90 Å². The highest BCUT2D eigenvalue weighted by Crippen LogP contribution is 2.29. The average Bonchev–Trinajstić information content (AvgIpc) is 3.00. The molecule has 0 fully saturated rings. The molecule has 0 spiro atoms. The van der Waals surface area contributed by atoms with E-state index in [0.29, 0.717) is 47.9 Å². The molecule has 41 heavy (non-hydrogen) atoms. The summed E-state index contributed by atoms with van der Waals surface area (Å²) < 4.78 is 10.8. The van der Waals surface area contributed by atoms with E-state index in [2.05, 4.69) is 5.32 Å². The van der Waals surface area contributed by atoms with E-state index >= 15 is 0 Å². The molecule has 7 nitrogen and oxygen atoms in total. The summed E-state index contributed by atoms with van der Waals surface area (Å²) in [7, 11) is 1.68. The highest BCUT2D eigenvalue weighted by Gasteiger charge is 2.18. The lowest BCUT2D eigenvalue weighted by Crippen LogP contribution is -2.26. The molecule has 7 heteroatoms. The Bertz CT molecular complexity index is 1500. The molecule has 0 heterocycles. The molecule has 4 aromatic rings. The number of carbonyl (C=O) groups is 3. The van der Waals surface area contributed by atoms with Gasteiger partial charge in [0.05, 0.1) is 18.9 Å². The number of esters is 1. The van der Waals surface area contributed by atoms with E-state index in [4.69, 9.17) is 9.47 Å². The molecule has 0 aliphatic rings. The van der Waals surface area contributed by atoms with Crippen LogP contribution in [0, 0.1) is 6.92 Å². The first-order valence-corrected chi connectivity index (χ1v) is 13.6. The Balaban J connectivity index is 1.41. The number of anilines is 2. The first kappa shape index (κ1) is 29.1. The molecule has 0 aliphatic carbocycles. The maximum absolute atomic E-state index is 13.3. The van der Waals surface area contributed by atoms with Crippen molar-refractivity contribution in [3.05, 3.63) is 114 Å². The summed E-state index contributed by atoms with van der Waals surface area (Å²) in [4.78, 5) is 39.5. The first-order chi connectivity index (χ1) is 19.9. The molecule has 4 rings (SSSR count). The highest BCUT2D eigenvalue weighted by atomic mass is 16.5. The van der Waals surface area contributed by atoms with Gasteiger partial charge in [0.15, 0.2) is 0 Å². The number of amides is 2. The first-order valence-electron chi connectivity index (χ1n) is 13.6. The van der Waals surface area contributed by atoms with Gasteiger partial charge in [-0.05, 0) is 73.9 Å². The van der Waals surface area contributed by atoms with Crippen LogP contribution in [-0.2, 0) is 9.53 Å². The quantitative estimate of drug-likeness (QED) is 0.162. The van der Waals surface area contributed by atoms with Crippen LogP contribution in [0.5, 0.6) is 5.75 Å². The Morgan fingerprint density at radius 2 is 1.51 bits per heavy atom. The second-order valence-corrected chi connectivity index (χ2v) is 9.53. The SMILES string of the molecule is CCOC(=O)CCCOc1ccccc1N(C)C(=O)c1ccc(NC(=O)c2ccccc2-c2ccc(C)cc2)cc1. The Labute approximate surface area is 240 Å². The summed E-state index contributed by atoms with van der Waals surface area (Å²) >= 11 is 0. The number of ether oxygens (including phenoxy) is 2. The lowest BCUT2D eigenvalue weighted by atomic mass is 9.98. The minimum atomic E-state index is -0.258. The van der Waals surface area contributed by atoms with Crippen molar-refractivity contribution in [3.8, 4) is 16.9 Å². The summed E-state index contributed by atoms with van der Waals surface area (Å²) in [5, 5.41) is 2.94. The van der Waals surface area contributed by atoms with Crippen molar-refractivity contribution in [2.45, 2.75) is 26.7 Å². The number of nitrogens with zero attached hydrogens (tertiary/aromatic N) is 1. The van der Waals surface area contributed by atoms with E-state index in [-0.39, 0.29) is 24.2 Å². The van der Waals surface area contributed by atoms with Crippen molar-refractivity contribution in [2.75, 3.05) is 30.5 Å². The van der Waals surface area contributed by atoms with Crippen LogP contribution >= 0.6 is 0 Å². The van der Waals surface area contributed by atoms with Gasteiger partial charge in [-0.25, -0.2) is 0 Å². The number of nitrogens with one attached hydrogen (secondary N) is 1. The lowest BCUT2D eigenvalue weighted by molar-refractivity contribution is -0.143. The van der Waals surface area contributed by atoms with E-state index in [9.17, 15) is 14.4 Å². The van der Waals surface area contributed by atoms with Crippen LogP contribution < -0.4 is 15.0 Å². The minimum absolute atomic E-state index is 0.227. The van der Waals surface area contributed by atoms with Crippen LogP contribution in [0.15, 0.2) is 97.1 Å². The molecule has 0 radical (unpaired) electrons. The largest absolute Gasteiger partial charge is 0.491 e.